The fraction of sp³-hybridized carbons (Fsp3) is 0.304. The summed E-state index contributed by atoms with van der Waals surface area (Å²) in [6.45, 7) is 8.65. The average molecular weight is 390 g/mol. The van der Waals surface area contributed by atoms with Crippen LogP contribution in [0, 0.1) is 13.8 Å². The molecule has 1 amide bonds. The molecule has 4 N–H and O–H groups in total. The quantitative estimate of drug-likeness (QED) is 0.639. The number of benzene rings is 2. The van der Waals surface area contributed by atoms with E-state index in [0.29, 0.717) is 11.3 Å². The highest BCUT2D eigenvalue weighted by molar-refractivity contribution is 6.06. The SMILES string of the molecule is Cc1nc2ccc(NC(=O)c3ccccc3CN3CCNCC3)cc2c(N)c1C. The largest absolute Gasteiger partial charge is 0.398 e. The highest BCUT2D eigenvalue weighted by Crippen LogP contribution is 2.28. The van der Waals surface area contributed by atoms with Gasteiger partial charge < -0.3 is 16.4 Å². The molecule has 0 atom stereocenters. The molecule has 2 aromatic carbocycles. The van der Waals surface area contributed by atoms with Gasteiger partial charge in [-0.25, -0.2) is 0 Å². The van der Waals surface area contributed by atoms with Crippen molar-refractivity contribution in [2.24, 2.45) is 0 Å². The minimum atomic E-state index is -0.106. The van der Waals surface area contributed by atoms with Crippen molar-refractivity contribution in [3.8, 4) is 0 Å². The molecule has 4 rings (SSSR count). The molecule has 150 valence electrons. The summed E-state index contributed by atoms with van der Waals surface area (Å²) < 4.78 is 0. The van der Waals surface area contributed by atoms with Gasteiger partial charge >= 0.3 is 0 Å². The number of piperazine rings is 1. The summed E-state index contributed by atoms with van der Waals surface area (Å²) in [5.41, 5.74) is 12.2. The molecule has 2 heterocycles. The summed E-state index contributed by atoms with van der Waals surface area (Å²) in [5.74, 6) is -0.106. The monoisotopic (exact) mass is 389 g/mol. The Labute approximate surface area is 171 Å². The Hall–Kier alpha value is -2.96. The average Bonchev–Trinajstić information content (AvgIpc) is 2.74. The van der Waals surface area contributed by atoms with Crippen LogP contribution in [0.25, 0.3) is 10.9 Å². The van der Waals surface area contributed by atoms with E-state index in [1.54, 1.807) is 0 Å². The minimum Gasteiger partial charge on any atom is -0.398 e. The number of carbonyl (C=O) groups excluding carboxylic acids is 1. The van der Waals surface area contributed by atoms with Gasteiger partial charge in [0.1, 0.15) is 0 Å². The van der Waals surface area contributed by atoms with Gasteiger partial charge in [0.2, 0.25) is 0 Å². The van der Waals surface area contributed by atoms with E-state index in [4.69, 9.17) is 5.73 Å². The summed E-state index contributed by atoms with van der Waals surface area (Å²) in [4.78, 5) is 20.0. The zero-order valence-electron chi connectivity index (χ0n) is 17.0. The van der Waals surface area contributed by atoms with E-state index in [2.05, 4.69) is 20.5 Å². The maximum atomic E-state index is 13.0. The van der Waals surface area contributed by atoms with Crippen LogP contribution >= 0.6 is 0 Å². The summed E-state index contributed by atoms with van der Waals surface area (Å²) in [6, 6.07) is 13.5. The van der Waals surface area contributed by atoms with E-state index >= 15 is 0 Å². The number of aromatic nitrogens is 1. The predicted octanol–water partition coefficient (Wildman–Crippen LogP) is 3.09. The van der Waals surface area contributed by atoms with E-state index in [0.717, 1.165) is 66.1 Å². The maximum absolute atomic E-state index is 13.0. The van der Waals surface area contributed by atoms with Crippen LogP contribution < -0.4 is 16.4 Å². The van der Waals surface area contributed by atoms with Crippen molar-refractivity contribution in [1.29, 1.82) is 0 Å². The first kappa shape index (κ1) is 19.4. The van der Waals surface area contributed by atoms with Crippen molar-refractivity contribution in [3.63, 3.8) is 0 Å². The van der Waals surface area contributed by atoms with Crippen LogP contribution in [0.1, 0.15) is 27.2 Å². The van der Waals surface area contributed by atoms with E-state index in [9.17, 15) is 4.79 Å². The Kier molecular flexibility index (Phi) is 5.47. The first-order chi connectivity index (χ1) is 14.0. The highest BCUT2D eigenvalue weighted by atomic mass is 16.1. The van der Waals surface area contributed by atoms with E-state index in [1.165, 1.54) is 0 Å². The summed E-state index contributed by atoms with van der Waals surface area (Å²) in [5, 5.41) is 7.26. The van der Waals surface area contributed by atoms with Crippen LogP contribution in [0.15, 0.2) is 42.5 Å². The fourth-order valence-corrected chi connectivity index (χ4v) is 3.78. The maximum Gasteiger partial charge on any atom is 0.255 e. The molecule has 0 spiro atoms. The zero-order valence-corrected chi connectivity index (χ0v) is 17.0. The molecule has 1 aliphatic heterocycles. The van der Waals surface area contributed by atoms with Crippen molar-refractivity contribution in [3.05, 3.63) is 64.8 Å². The van der Waals surface area contributed by atoms with Crippen molar-refractivity contribution >= 4 is 28.2 Å². The van der Waals surface area contributed by atoms with Gasteiger partial charge in [0.25, 0.3) is 5.91 Å². The third-order valence-electron chi connectivity index (χ3n) is 5.65. The number of nitrogens with zero attached hydrogens (tertiary/aromatic N) is 2. The lowest BCUT2D eigenvalue weighted by molar-refractivity contribution is 0.102. The number of pyridine rings is 1. The van der Waals surface area contributed by atoms with Crippen LogP contribution in [0.5, 0.6) is 0 Å². The molecular formula is C23H27N5O. The Morgan fingerprint density at radius 3 is 2.72 bits per heavy atom. The normalized spacial score (nSPS) is 14.8. The Morgan fingerprint density at radius 2 is 1.93 bits per heavy atom. The first-order valence-electron chi connectivity index (χ1n) is 10.0. The number of amides is 1. The van der Waals surface area contributed by atoms with E-state index in [1.807, 2.05) is 56.3 Å². The van der Waals surface area contributed by atoms with Gasteiger partial charge in [-0.05, 0) is 49.2 Å². The topological polar surface area (TPSA) is 83.3 Å². The van der Waals surface area contributed by atoms with Gasteiger partial charge in [-0.2, -0.15) is 0 Å². The van der Waals surface area contributed by atoms with Crippen LogP contribution in [0.4, 0.5) is 11.4 Å². The second-order valence-electron chi connectivity index (χ2n) is 7.61. The molecule has 0 aliphatic carbocycles. The second kappa shape index (κ2) is 8.19. The summed E-state index contributed by atoms with van der Waals surface area (Å²) >= 11 is 0. The predicted molar refractivity (Wildman–Crippen MR) is 118 cm³/mol. The summed E-state index contributed by atoms with van der Waals surface area (Å²) in [6.07, 6.45) is 0. The molecule has 1 aliphatic rings. The van der Waals surface area contributed by atoms with Crippen molar-refractivity contribution in [2.75, 3.05) is 37.2 Å². The Balaban J connectivity index is 1.58. The zero-order chi connectivity index (χ0) is 20.4. The molecule has 0 saturated carbocycles. The number of hydrogen-bond acceptors (Lipinski definition) is 5. The lowest BCUT2D eigenvalue weighted by Gasteiger charge is -2.27. The molecular weight excluding hydrogens is 362 g/mol. The summed E-state index contributed by atoms with van der Waals surface area (Å²) in [7, 11) is 0. The Morgan fingerprint density at radius 1 is 1.17 bits per heavy atom. The molecule has 0 unspecified atom stereocenters. The third-order valence-corrected chi connectivity index (χ3v) is 5.65. The van der Waals surface area contributed by atoms with Crippen LogP contribution in [0.2, 0.25) is 0 Å². The number of hydrogen-bond donors (Lipinski definition) is 3. The number of nitrogens with two attached hydrogens (primary N) is 1. The van der Waals surface area contributed by atoms with Gasteiger partial charge in [-0.15, -0.1) is 0 Å². The van der Waals surface area contributed by atoms with Crippen molar-refractivity contribution in [1.82, 2.24) is 15.2 Å². The van der Waals surface area contributed by atoms with Gasteiger partial charge in [0, 0.05) is 60.7 Å². The van der Waals surface area contributed by atoms with Gasteiger partial charge in [-0.1, -0.05) is 18.2 Å². The number of carbonyl (C=O) groups is 1. The Bertz CT molecular complexity index is 1060. The van der Waals surface area contributed by atoms with E-state index < -0.39 is 0 Å². The van der Waals surface area contributed by atoms with Crippen LogP contribution in [0.3, 0.4) is 0 Å². The standard InChI is InChI=1S/C23H27N5O/c1-15-16(2)26-21-8-7-18(13-20(21)22(15)24)27-23(29)19-6-4-3-5-17(19)14-28-11-9-25-10-12-28/h3-8,13,25H,9-12,14H2,1-2H3,(H2,24,26)(H,27,29). The fourth-order valence-electron chi connectivity index (χ4n) is 3.78. The number of aryl methyl sites for hydroxylation is 1. The molecule has 1 aromatic heterocycles. The van der Waals surface area contributed by atoms with Gasteiger partial charge in [0.05, 0.1) is 5.52 Å². The lowest BCUT2D eigenvalue weighted by Crippen LogP contribution is -2.43. The molecule has 1 saturated heterocycles. The second-order valence-corrected chi connectivity index (χ2v) is 7.61. The van der Waals surface area contributed by atoms with Crippen molar-refractivity contribution in [2.45, 2.75) is 20.4 Å². The van der Waals surface area contributed by atoms with Crippen LogP contribution in [-0.4, -0.2) is 42.0 Å². The minimum absolute atomic E-state index is 0.106. The van der Waals surface area contributed by atoms with Crippen LogP contribution in [-0.2, 0) is 6.54 Å². The number of rotatable bonds is 4. The van der Waals surface area contributed by atoms with Crippen molar-refractivity contribution < 1.29 is 4.79 Å². The first-order valence-corrected chi connectivity index (χ1v) is 10.0. The van der Waals surface area contributed by atoms with Gasteiger partial charge in [0.15, 0.2) is 0 Å². The molecule has 6 heteroatoms. The molecule has 1 fully saturated rings. The molecule has 3 aromatic rings. The number of nitrogens with one attached hydrogen (secondary N) is 2. The number of fused-ring (bicyclic) bond motifs is 1. The number of nitrogen functional groups attached to an aromatic ring is 1. The molecule has 0 bridgehead atoms. The smallest absolute Gasteiger partial charge is 0.255 e. The van der Waals surface area contributed by atoms with E-state index in [-0.39, 0.29) is 5.91 Å². The molecule has 6 nitrogen and oxygen atoms in total. The molecule has 29 heavy (non-hydrogen) atoms. The van der Waals surface area contributed by atoms with Gasteiger partial charge in [-0.3, -0.25) is 14.7 Å². The third kappa shape index (κ3) is 4.09. The molecule has 0 radical (unpaired) electrons. The lowest BCUT2D eigenvalue weighted by atomic mass is 10.0. The number of anilines is 2. The highest BCUT2D eigenvalue weighted by Gasteiger charge is 2.16.